The maximum atomic E-state index is 12.9. The molecule has 2 aromatic carbocycles. The SMILES string of the molecule is CC1CSC(=C(C(=O)/C=C/c2ccccc2O)C(=O)/C=C/c2ccccc2O)S1. The topological polar surface area (TPSA) is 74.6 Å². The number of thioether (sulfide) groups is 2. The van der Waals surface area contributed by atoms with Crippen LogP contribution in [-0.2, 0) is 9.59 Å². The highest BCUT2D eigenvalue weighted by Gasteiger charge is 2.26. The minimum atomic E-state index is -0.413. The molecule has 0 aliphatic carbocycles. The fourth-order valence-electron chi connectivity index (χ4n) is 2.65. The smallest absolute Gasteiger partial charge is 0.191 e. The Labute approximate surface area is 178 Å². The molecule has 6 heteroatoms. The van der Waals surface area contributed by atoms with E-state index in [1.807, 2.05) is 6.92 Å². The Hall–Kier alpha value is -2.70. The molecular weight excluding hydrogens is 404 g/mol. The molecule has 0 amide bonds. The number of carbonyl (C=O) groups is 2. The van der Waals surface area contributed by atoms with Gasteiger partial charge in [0.05, 0.1) is 9.81 Å². The van der Waals surface area contributed by atoms with Crippen molar-refractivity contribution >= 4 is 47.2 Å². The number of hydrogen-bond acceptors (Lipinski definition) is 6. The van der Waals surface area contributed by atoms with Gasteiger partial charge >= 0.3 is 0 Å². The van der Waals surface area contributed by atoms with Gasteiger partial charge in [-0.1, -0.05) is 43.3 Å². The largest absolute Gasteiger partial charge is 0.507 e. The summed E-state index contributed by atoms with van der Waals surface area (Å²) in [5.74, 6) is 0.134. The van der Waals surface area contributed by atoms with Crippen LogP contribution < -0.4 is 0 Å². The zero-order chi connectivity index (χ0) is 20.8. The minimum Gasteiger partial charge on any atom is -0.507 e. The Morgan fingerprint density at radius 1 is 0.897 bits per heavy atom. The van der Waals surface area contributed by atoms with Crippen molar-refractivity contribution in [1.82, 2.24) is 0 Å². The van der Waals surface area contributed by atoms with Crippen molar-refractivity contribution in [2.75, 3.05) is 5.75 Å². The van der Waals surface area contributed by atoms with Crippen LogP contribution in [0.5, 0.6) is 11.5 Å². The molecule has 0 spiro atoms. The first-order valence-electron chi connectivity index (χ1n) is 9.00. The van der Waals surface area contributed by atoms with Crippen LogP contribution in [0.15, 0.2) is 70.5 Å². The number of phenols is 2. The minimum absolute atomic E-state index is 0.0646. The van der Waals surface area contributed by atoms with Gasteiger partial charge < -0.3 is 10.2 Å². The van der Waals surface area contributed by atoms with Gasteiger partial charge in [-0.05, 0) is 36.4 Å². The van der Waals surface area contributed by atoms with E-state index in [0.717, 1.165) is 5.75 Å². The summed E-state index contributed by atoms with van der Waals surface area (Å²) >= 11 is 3.01. The van der Waals surface area contributed by atoms with E-state index in [1.165, 1.54) is 60.0 Å². The van der Waals surface area contributed by atoms with Gasteiger partial charge in [0.15, 0.2) is 11.6 Å². The number of carbonyl (C=O) groups excluding carboxylic acids is 2. The first kappa shape index (κ1) is 21.0. The summed E-state index contributed by atoms with van der Waals surface area (Å²) in [6, 6.07) is 13.4. The molecule has 1 fully saturated rings. The zero-order valence-corrected chi connectivity index (χ0v) is 17.4. The first-order chi connectivity index (χ1) is 14.0. The van der Waals surface area contributed by atoms with Crippen LogP contribution in [0.2, 0.25) is 0 Å². The standard InChI is InChI=1S/C23H20O4S2/c1-15-14-28-23(29-15)22(20(26)12-10-16-6-2-4-8-18(16)24)21(27)13-11-17-7-3-5-9-19(17)25/h2-13,15,24-25H,14H2,1H3/b12-10+,13-11+. The molecule has 0 radical (unpaired) electrons. The summed E-state index contributed by atoms with van der Waals surface area (Å²) in [4.78, 5) is 25.8. The van der Waals surface area contributed by atoms with E-state index in [0.29, 0.717) is 20.6 Å². The number of rotatable bonds is 6. The molecule has 1 unspecified atom stereocenters. The molecule has 0 bridgehead atoms. The maximum absolute atomic E-state index is 12.9. The van der Waals surface area contributed by atoms with Crippen LogP contribution >= 0.6 is 23.5 Å². The summed E-state index contributed by atoms with van der Waals surface area (Å²) in [7, 11) is 0. The van der Waals surface area contributed by atoms with Crippen molar-refractivity contribution in [2.24, 2.45) is 0 Å². The van der Waals surface area contributed by atoms with E-state index < -0.39 is 11.6 Å². The fraction of sp³-hybridized carbons (Fsp3) is 0.130. The van der Waals surface area contributed by atoms with Gasteiger partial charge in [0.2, 0.25) is 0 Å². The second-order valence-corrected chi connectivity index (χ2v) is 9.15. The van der Waals surface area contributed by atoms with E-state index in [4.69, 9.17) is 0 Å². The number of para-hydroxylation sites is 2. The fourth-order valence-corrected chi connectivity index (χ4v) is 5.51. The predicted molar refractivity (Wildman–Crippen MR) is 121 cm³/mol. The Morgan fingerprint density at radius 3 is 1.79 bits per heavy atom. The normalized spacial score (nSPS) is 16.6. The van der Waals surface area contributed by atoms with Crippen LogP contribution in [0.3, 0.4) is 0 Å². The number of hydrogen-bond donors (Lipinski definition) is 2. The molecule has 3 rings (SSSR count). The summed E-state index contributed by atoms with van der Waals surface area (Å²) in [6.45, 7) is 2.05. The average molecular weight is 425 g/mol. The highest BCUT2D eigenvalue weighted by Crippen LogP contribution is 2.44. The second kappa shape index (κ2) is 9.67. The Morgan fingerprint density at radius 2 is 1.38 bits per heavy atom. The van der Waals surface area contributed by atoms with Gasteiger partial charge in [-0.15, -0.1) is 23.5 Å². The van der Waals surface area contributed by atoms with Gasteiger partial charge in [-0.3, -0.25) is 9.59 Å². The van der Waals surface area contributed by atoms with Crippen molar-refractivity contribution in [3.05, 3.63) is 81.6 Å². The van der Waals surface area contributed by atoms with E-state index in [-0.39, 0.29) is 17.1 Å². The van der Waals surface area contributed by atoms with Crippen molar-refractivity contribution < 1.29 is 19.8 Å². The summed E-state index contributed by atoms with van der Waals surface area (Å²) in [5, 5.41) is 20.1. The molecular formula is C23H20O4S2. The van der Waals surface area contributed by atoms with Crippen LogP contribution in [0.4, 0.5) is 0 Å². The summed E-state index contributed by atoms with van der Waals surface area (Å²) in [5.41, 5.74) is 1.12. The molecule has 148 valence electrons. The van der Waals surface area contributed by atoms with E-state index in [1.54, 1.807) is 36.4 Å². The number of allylic oxidation sites excluding steroid dienone is 3. The van der Waals surface area contributed by atoms with E-state index in [9.17, 15) is 19.8 Å². The second-order valence-electron chi connectivity index (χ2n) is 6.41. The summed E-state index contributed by atoms with van der Waals surface area (Å²) < 4.78 is 0.705. The third-order valence-corrected chi connectivity index (χ3v) is 7.13. The lowest BCUT2D eigenvalue weighted by molar-refractivity contribution is -0.116. The predicted octanol–water partition coefficient (Wildman–Crippen LogP) is 5.04. The van der Waals surface area contributed by atoms with E-state index >= 15 is 0 Å². The van der Waals surface area contributed by atoms with Crippen LogP contribution in [-0.4, -0.2) is 32.8 Å². The van der Waals surface area contributed by atoms with Gasteiger partial charge in [-0.25, -0.2) is 0 Å². The molecule has 0 saturated carbocycles. The highest BCUT2D eigenvalue weighted by atomic mass is 32.2. The molecule has 1 heterocycles. The molecule has 2 aromatic rings. The van der Waals surface area contributed by atoms with Gasteiger partial charge in [-0.2, -0.15) is 0 Å². The van der Waals surface area contributed by atoms with E-state index in [2.05, 4.69) is 0 Å². The third-order valence-electron chi connectivity index (χ3n) is 4.16. The quantitative estimate of drug-likeness (QED) is 0.384. The van der Waals surface area contributed by atoms with Crippen molar-refractivity contribution in [1.29, 1.82) is 0 Å². The molecule has 1 atom stereocenters. The monoisotopic (exact) mass is 424 g/mol. The Kier molecular flexibility index (Phi) is 7.01. The van der Waals surface area contributed by atoms with Crippen molar-refractivity contribution in [3.63, 3.8) is 0 Å². The molecule has 2 N–H and O–H groups in total. The average Bonchev–Trinajstić information content (AvgIpc) is 3.12. The lowest BCUT2D eigenvalue weighted by Gasteiger charge is -2.05. The van der Waals surface area contributed by atoms with Gasteiger partial charge in [0, 0.05) is 22.1 Å². The van der Waals surface area contributed by atoms with Crippen LogP contribution in [0.25, 0.3) is 12.2 Å². The lowest BCUT2D eigenvalue weighted by atomic mass is 10.0. The van der Waals surface area contributed by atoms with Crippen molar-refractivity contribution in [3.8, 4) is 11.5 Å². The number of benzene rings is 2. The molecule has 1 aliphatic rings. The van der Waals surface area contributed by atoms with Gasteiger partial charge in [0.1, 0.15) is 11.5 Å². The molecule has 1 aliphatic heterocycles. The molecule has 29 heavy (non-hydrogen) atoms. The van der Waals surface area contributed by atoms with Gasteiger partial charge in [0.25, 0.3) is 0 Å². The third kappa shape index (κ3) is 5.43. The number of aromatic hydroxyl groups is 2. The Bertz CT molecular complexity index is 952. The Balaban J connectivity index is 1.89. The molecule has 1 saturated heterocycles. The zero-order valence-electron chi connectivity index (χ0n) is 15.7. The van der Waals surface area contributed by atoms with Crippen molar-refractivity contribution in [2.45, 2.75) is 12.2 Å². The summed E-state index contributed by atoms with van der Waals surface area (Å²) in [6.07, 6.45) is 5.64. The molecule has 0 aromatic heterocycles. The lowest BCUT2D eigenvalue weighted by Crippen LogP contribution is -2.10. The molecule has 4 nitrogen and oxygen atoms in total. The van der Waals surface area contributed by atoms with Crippen LogP contribution in [0, 0.1) is 0 Å². The highest BCUT2D eigenvalue weighted by molar-refractivity contribution is 8.25. The maximum Gasteiger partial charge on any atom is 0.191 e. The van der Waals surface area contributed by atoms with Crippen LogP contribution in [0.1, 0.15) is 18.1 Å². The first-order valence-corrected chi connectivity index (χ1v) is 10.9. The number of phenolic OH excluding ortho intramolecular Hbond substituents is 2. The number of ketones is 2.